The molecule has 0 radical (unpaired) electrons. The van der Waals surface area contributed by atoms with Crippen LogP contribution in [0.2, 0.25) is 0 Å². The van der Waals surface area contributed by atoms with Gasteiger partial charge in [0.25, 0.3) is 5.91 Å². The summed E-state index contributed by atoms with van der Waals surface area (Å²) in [5.74, 6) is -0.331. The second-order valence-corrected chi connectivity index (χ2v) is 9.98. The number of thiophene rings is 2. The van der Waals surface area contributed by atoms with Crippen molar-refractivity contribution < 1.29 is 9.63 Å². The molecule has 0 atom stereocenters. The van der Waals surface area contributed by atoms with Crippen LogP contribution < -0.4 is 10.6 Å². The summed E-state index contributed by atoms with van der Waals surface area (Å²) in [5, 5.41) is 22.7. The fraction of sp³-hybridized carbons (Fsp3) is 0.450. The van der Waals surface area contributed by atoms with E-state index in [0.29, 0.717) is 10.6 Å². The van der Waals surface area contributed by atoms with Gasteiger partial charge in [-0.1, -0.05) is 11.2 Å². The molecule has 1 aliphatic heterocycles. The number of amides is 1. The quantitative estimate of drug-likeness (QED) is 0.564. The van der Waals surface area contributed by atoms with Gasteiger partial charge in [-0.2, -0.15) is 5.26 Å². The number of nitrogens with zero attached hydrogens (tertiary/aromatic N) is 2. The lowest BCUT2D eigenvalue weighted by Gasteiger charge is -2.42. The van der Waals surface area contributed by atoms with Gasteiger partial charge in [-0.3, -0.25) is 4.79 Å². The van der Waals surface area contributed by atoms with Gasteiger partial charge in [0.1, 0.15) is 11.1 Å². The first-order valence-corrected chi connectivity index (χ1v) is 10.7. The molecule has 0 aromatic carbocycles. The van der Waals surface area contributed by atoms with Gasteiger partial charge in [0.05, 0.1) is 16.2 Å². The minimum atomic E-state index is -0.331. The van der Waals surface area contributed by atoms with E-state index in [4.69, 9.17) is 4.84 Å². The molecule has 0 saturated carbocycles. The minimum absolute atomic E-state index is 0.123. The van der Waals surface area contributed by atoms with Gasteiger partial charge in [-0.05, 0) is 58.0 Å². The maximum absolute atomic E-state index is 12.3. The van der Waals surface area contributed by atoms with E-state index in [9.17, 15) is 10.1 Å². The van der Waals surface area contributed by atoms with Crippen molar-refractivity contribution in [2.24, 2.45) is 5.16 Å². The molecule has 148 valence electrons. The summed E-state index contributed by atoms with van der Waals surface area (Å²) >= 11 is 3.01. The van der Waals surface area contributed by atoms with E-state index in [1.807, 2.05) is 24.4 Å². The van der Waals surface area contributed by atoms with E-state index in [1.165, 1.54) is 11.3 Å². The van der Waals surface area contributed by atoms with Crippen LogP contribution >= 0.6 is 22.7 Å². The molecule has 8 heteroatoms. The van der Waals surface area contributed by atoms with Gasteiger partial charge in [0, 0.05) is 16.0 Å². The summed E-state index contributed by atoms with van der Waals surface area (Å²) in [6.07, 6.45) is 0.738. The molecular formula is C20H24N4O2S2. The molecule has 2 N–H and O–H groups in total. The molecule has 2 aromatic rings. The summed E-state index contributed by atoms with van der Waals surface area (Å²) in [7, 11) is 0. The Balaban J connectivity index is 1.73. The zero-order valence-corrected chi connectivity index (χ0v) is 18.3. The van der Waals surface area contributed by atoms with E-state index in [2.05, 4.69) is 49.6 Å². The van der Waals surface area contributed by atoms with Crippen LogP contribution in [0.4, 0.5) is 5.00 Å². The first-order valence-electron chi connectivity index (χ1n) is 8.99. The number of hydrogen-bond acceptors (Lipinski definition) is 7. The van der Waals surface area contributed by atoms with Crippen LogP contribution in [0.1, 0.15) is 55.5 Å². The molecule has 2 aromatic heterocycles. The van der Waals surface area contributed by atoms with E-state index in [-0.39, 0.29) is 23.6 Å². The van der Waals surface area contributed by atoms with Crippen molar-refractivity contribution in [1.82, 2.24) is 5.32 Å². The highest BCUT2D eigenvalue weighted by Crippen LogP contribution is 2.44. The molecule has 0 unspecified atom stereocenters. The average Bonchev–Trinajstić information content (AvgIpc) is 3.21. The Kier molecular flexibility index (Phi) is 5.62. The molecule has 0 spiro atoms. The molecule has 1 amide bonds. The van der Waals surface area contributed by atoms with Crippen molar-refractivity contribution in [2.45, 2.75) is 52.1 Å². The molecule has 3 heterocycles. The highest BCUT2D eigenvalue weighted by molar-refractivity contribution is 7.17. The van der Waals surface area contributed by atoms with Crippen molar-refractivity contribution in [2.75, 3.05) is 11.9 Å². The van der Waals surface area contributed by atoms with E-state index >= 15 is 0 Å². The van der Waals surface area contributed by atoms with Crippen LogP contribution in [-0.2, 0) is 21.6 Å². The number of carbonyl (C=O) groups excluding carboxylic acids is 1. The maximum Gasteiger partial charge on any atom is 0.265 e. The lowest BCUT2D eigenvalue weighted by atomic mass is 9.81. The number of nitrogens with one attached hydrogen (secondary N) is 2. The lowest BCUT2D eigenvalue weighted by Crippen LogP contribution is -2.54. The zero-order chi connectivity index (χ0) is 20.5. The summed E-state index contributed by atoms with van der Waals surface area (Å²) in [4.78, 5) is 19.6. The topological polar surface area (TPSA) is 86.5 Å². The molecule has 0 bridgehead atoms. The van der Waals surface area contributed by atoms with Gasteiger partial charge >= 0.3 is 0 Å². The van der Waals surface area contributed by atoms with Gasteiger partial charge in [-0.15, -0.1) is 22.7 Å². The molecule has 28 heavy (non-hydrogen) atoms. The summed E-state index contributed by atoms with van der Waals surface area (Å²) in [5.41, 5.74) is 1.90. The standard InChI is InChI=1S/C20H24N4O2S2/c1-12(15-7-6-8-27-15)23-26-11-16(25)22-18-14(10-21)13-9-19(2,3)24-20(4,5)17(13)28-18/h6-8,24H,9,11H2,1-5H3,(H,22,25). The highest BCUT2D eigenvalue weighted by atomic mass is 32.1. The molecule has 1 aliphatic rings. The normalized spacial score (nSPS) is 17.5. The first-order chi connectivity index (χ1) is 13.1. The Morgan fingerprint density at radius 3 is 2.82 bits per heavy atom. The highest BCUT2D eigenvalue weighted by Gasteiger charge is 2.40. The van der Waals surface area contributed by atoms with Crippen LogP contribution in [0.25, 0.3) is 0 Å². The van der Waals surface area contributed by atoms with E-state index in [0.717, 1.165) is 27.5 Å². The predicted octanol–water partition coefficient (Wildman–Crippen LogP) is 4.22. The van der Waals surface area contributed by atoms with Crippen molar-refractivity contribution in [3.63, 3.8) is 0 Å². The van der Waals surface area contributed by atoms with Gasteiger partial charge in [0.2, 0.25) is 0 Å². The largest absolute Gasteiger partial charge is 0.385 e. The number of oxime groups is 1. The van der Waals surface area contributed by atoms with Gasteiger partial charge in [0.15, 0.2) is 6.61 Å². The molecule has 3 rings (SSSR count). The van der Waals surface area contributed by atoms with Crippen molar-refractivity contribution >= 4 is 39.3 Å². The lowest BCUT2D eigenvalue weighted by molar-refractivity contribution is -0.120. The molecule has 0 saturated heterocycles. The molecule has 6 nitrogen and oxygen atoms in total. The number of carbonyl (C=O) groups is 1. The predicted molar refractivity (Wildman–Crippen MR) is 114 cm³/mol. The van der Waals surface area contributed by atoms with Gasteiger partial charge < -0.3 is 15.5 Å². The van der Waals surface area contributed by atoms with Crippen molar-refractivity contribution in [3.8, 4) is 6.07 Å². The van der Waals surface area contributed by atoms with Crippen molar-refractivity contribution in [1.29, 1.82) is 5.26 Å². The SMILES string of the molecule is CC(=NOCC(=O)Nc1sc2c(c1C#N)CC(C)(C)NC2(C)C)c1cccs1. The fourth-order valence-corrected chi connectivity index (χ4v) is 5.53. The Labute approximate surface area is 173 Å². The average molecular weight is 417 g/mol. The van der Waals surface area contributed by atoms with Crippen LogP contribution in [-0.4, -0.2) is 23.8 Å². The monoisotopic (exact) mass is 416 g/mol. The second kappa shape index (κ2) is 7.66. The summed E-state index contributed by atoms with van der Waals surface area (Å²) < 4.78 is 0. The third-order valence-corrected chi connectivity index (χ3v) is 6.93. The first kappa shape index (κ1) is 20.5. The number of anilines is 1. The maximum atomic E-state index is 12.3. The molecular weight excluding hydrogens is 392 g/mol. The smallest absolute Gasteiger partial charge is 0.265 e. The molecule has 0 fully saturated rings. The molecule has 0 aliphatic carbocycles. The fourth-order valence-electron chi connectivity index (χ4n) is 3.61. The van der Waals surface area contributed by atoms with Gasteiger partial charge in [-0.25, -0.2) is 0 Å². The van der Waals surface area contributed by atoms with E-state index in [1.54, 1.807) is 11.3 Å². The Morgan fingerprint density at radius 2 is 2.18 bits per heavy atom. The van der Waals surface area contributed by atoms with Crippen molar-refractivity contribution in [3.05, 3.63) is 38.4 Å². The minimum Gasteiger partial charge on any atom is -0.385 e. The zero-order valence-electron chi connectivity index (χ0n) is 16.7. The Morgan fingerprint density at radius 1 is 1.43 bits per heavy atom. The Hall–Kier alpha value is -2.21. The van der Waals surface area contributed by atoms with E-state index < -0.39 is 0 Å². The summed E-state index contributed by atoms with van der Waals surface area (Å²) in [6, 6.07) is 6.16. The third-order valence-electron chi connectivity index (χ3n) is 4.48. The van der Waals surface area contributed by atoms with Crippen LogP contribution in [0.15, 0.2) is 22.7 Å². The number of rotatable bonds is 5. The second-order valence-electron chi connectivity index (χ2n) is 8.01. The Bertz CT molecular complexity index is 950. The third kappa shape index (κ3) is 4.27. The number of nitriles is 1. The van der Waals surface area contributed by atoms with Crippen LogP contribution in [0.3, 0.4) is 0 Å². The van der Waals surface area contributed by atoms with Crippen LogP contribution in [0, 0.1) is 11.3 Å². The number of fused-ring (bicyclic) bond motifs is 1. The summed E-state index contributed by atoms with van der Waals surface area (Å²) in [6.45, 7) is 10.1. The van der Waals surface area contributed by atoms with Crippen LogP contribution in [0.5, 0.6) is 0 Å². The number of hydrogen-bond donors (Lipinski definition) is 2.